The Labute approximate surface area is 212 Å². The van der Waals surface area contributed by atoms with Gasteiger partial charge < -0.3 is 10.6 Å². The highest BCUT2D eigenvalue weighted by Gasteiger charge is 2.27. The molecular formula is C32H32N2O2. The monoisotopic (exact) mass is 476 g/mol. The molecule has 0 aromatic heterocycles. The SMILES string of the molecule is O=C(Nc1ccc2ccccc2c1-c1c(NC(=O)C2CCCC2)ccc2ccccc12)C1CCCC1. The minimum atomic E-state index is 0.0679. The lowest BCUT2D eigenvalue weighted by molar-refractivity contribution is -0.120. The maximum atomic E-state index is 13.3. The normalized spacial score (nSPS) is 16.6. The number of amides is 2. The summed E-state index contributed by atoms with van der Waals surface area (Å²) >= 11 is 0. The molecule has 4 aromatic carbocycles. The maximum Gasteiger partial charge on any atom is 0.227 e. The largest absolute Gasteiger partial charge is 0.325 e. The second-order valence-electron chi connectivity index (χ2n) is 10.4. The van der Waals surface area contributed by atoms with Crippen molar-refractivity contribution in [2.75, 3.05) is 10.6 Å². The first-order valence-corrected chi connectivity index (χ1v) is 13.3. The zero-order valence-corrected chi connectivity index (χ0v) is 20.6. The summed E-state index contributed by atoms with van der Waals surface area (Å²) in [6, 6.07) is 24.8. The molecule has 2 aliphatic carbocycles. The van der Waals surface area contributed by atoms with E-state index < -0.39 is 0 Å². The molecule has 2 fully saturated rings. The Morgan fingerprint density at radius 2 is 0.917 bits per heavy atom. The van der Waals surface area contributed by atoms with E-state index >= 15 is 0 Å². The first-order chi connectivity index (χ1) is 17.7. The topological polar surface area (TPSA) is 58.2 Å². The van der Waals surface area contributed by atoms with Crippen molar-refractivity contribution in [1.82, 2.24) is 0 Å². The van der Waals surface area contributed by atoms with Gasteiger partial charge in [-0.15, -0.1) is 0 Å². The van der Waals surface area contributed by atoms with Crippen LogP contribution in [0.4, 0.5) is 11.4 Å². The van der Waals surface area contributed by atoms with E-state index in [0.29, 0.717) is 0 Å². The molecule has 6 rings (SSSR count). The van der Waals surface area contributed by atoms with Crippen molar-refractivity contribution in [2.45, 2.75) is 51.4 Å². The predicted octanol–water partition coefficient (Wildman–Crippen LogP) is 7.92. The molecule has 2 amide bonds. The molecule has 182 valence electrons. The zero-order chi connectivity index (χ0) is 24.5. The van der Waals surface area contributed by atoms with Gasteiger partial charge in [-0.1, -0.05) is 86.3 Å². The average Bonchev–Trinajstić information content (AvgIpc) is 3.64. The number of hydrogen-bond donors (Lipinski definition) is 2. The highest BCUT2D eigenvalue weighted by atomic mass is 16.2. The van der Waals surface area contributed by atoms with E-state index in [1.807, 2.05) is 36.4 Å². The second kappa shape index (κ2) is 9.77. The fourth-order valence-electron chi connectivity index (χ4n) is 6.14. The van der Waals surface area contributed by atoms with Crippen LogP contribution in [-0.2, 0) is 9.59 Å². The third kappa shape index (κ3) is 4.26. The number of anilines is 2. The first-order valence-electron chi connectivity index (χ1n) is 13.3. The molecule has 0 atom stereocenters. The molecule has 0 heterocycles. The van der Waals surface area contributed by atoms with E-state index in [-0.39, 0.29) is 23.7 Å². The van der Waals surface area contributed by atoms with Crippen LogP contribution >= 0.6 is 0 Å². The molecule has 0 spiro atoms. The molecule has 2 aliphatic rings. The van der Waals surface area contributed by atoms with Crippen LogP contribution in [0.15, 0.2) is 72.8 Å². The van der Waals surface area contributed by atoms with Gasteiger partial charge in [0.1, 0.15) is 0 Å². The minimum Gasteiger partial charge on any atom is -0.325 e. The van der Waals surface area contributed by atoms with Crippen LogP contribution in [0.5, 0.6) is 0 Å². The van der Waals surface area contributed by atoms with Crippen LogP contribution < -0.4 is 10.6 Å². The van der Waals surface area contributed by atoms with Crippen molar-refractivity contribution in [3.63, 3.8) is 0 Å². The van der Waals surface area contributed by atoms with Gasteiger partial charge in [-0.05, 0) is 59.4 Å². The van der Waals surface area contributed by atoms with Crippen molar-refractivity contribution in [2.24, 2.45) is 11.8 Å². The van der Waals surface area contributed by atoms with Gasteiger partial charge in [0.15, 0.2) is 0 Å². The number of nitrogens with one attached hydrogen (secondary N) is 2. The number of carbonyl (C=O) groups is 2. The number of carbonyl (C=O) groups excluding carboxylic acids is 2. The first kappa shape index (κ1) is 22.8. The predicted molar refractivity (Wildman–Crippen MR) is 148 cm³/mol. The Bertz CT molecular complexity index is 1330. The third-order valence-corrected chi connectivity index (χ3v) is 8.08. The smallest absolute Gasteiger partial charge is 0.227 e. The lowest BCUT2D eigenvalue weighted by Crippen LogP contribution is -2.22. The molecule has 2 N–H and O–H groups in total. The highest BCUT2D eigenvalue weighted by Crippen LogP contribution is 2.44. The second-order valence-corrected chi connectivity index (χ2v) is 10.4. The van der Waals surface area contributed by atoms with E-state index in [1.54, 1.807) is 0 Å². The maximum absolute atomic E-state index is 13.3. The van der Waals surface area contributed by atoms with Gasteiger partial charge in [0, 0.05) is 34.3 Å². The van der Waals surface area contributed by atoms with E-state index in [4.69, 9.17) is 0 Å². The van der Waals surface area contributed by atoms with E-state index in [0.717, 1.165) is 95.4 Å². The summed E-state index contributed by atoms with van der Waals surface area (Å²) in [6.45, 7) is 0. The van der Waals surface area contributed by atoms with Crippen LogP contribution in [0.3, 0.4) is 0 Å². The molecule has 4 heteroatoms. The summed E-state index contributed by atoms with van der Waals surface area (Å²) in [5.74, 6) is 0.332. The summed E-state index contributed by atoms with van der Waals surface area (Å²) < 4.78 is 0. The molecule has 0 saturated heterocycles. The van der Waals surface area contributed by atoms with E-state index in [2.05, 4.69) is 47.0 Å². The summed E-state index contributed by atoms with van der Waals surface area (Å²) in [5, 5.41) is 10.9. The van der Waals surface area contributed by atoms with Gasteiger partial charge >= 0.3 is 0 Å². The zero-order valence-electron chi connectivity index (χ0n) is 20.6. The molecule has 0 radical (unpaired) electrons. The van der Waals surface area contributed by atoms with Crippen molar-refractivity contribution in [1.29, 1.82) is 0 Å². The molecule has 2 saturated carbocycles. The van der Waals surface area contributed by atoms with Crippen molar-refractivity contribution in [3.05, 3.63) is 72.8 Å². The van der Waals surface area contributed by atoms with Gasteiger partial charge in [-0.3, -0.25) is 9.59 Å². The van der Waals surface area contributed by atoms with Gasteiger partial charge in [0.25, 0.3) is 0 Å². The van der Waals surface area contributed by atoms with Gasteiger partial charge in [-0.25, -0.2) is 0 Å². The molecule has 4 aromatic rings. The third-order valence-electron chi connectivity index (χ3n) is 8.08. The fraction of sp³-hybridized carbons (Fsp3) is 0.312. The summed E-state index contributed by atoms with van der Waals surface area (Å²) in [5.41, 5.74) is 3.55. The average molecular weight is 477 g/mol. The van der Waals surface area contributed by atoms with Crippen LogP contribution in [0.25, 0.3) is 32.7 Å². The Hall–Kier alpha value is -3.66. The lowest BCUT2D eigenvalue weighted by Gasteiger charge is -2.21. The lowest BCUT2D eigenvalue weighted by atomic mass is 9.90. The van der Waals surface area contributed by atoms with Gasteiger partial charge in [-0.2, -0.15) is 0 Å². The molecule has 4 nitrogen and oxygen atoms in total. The molecule has 0 bridgehead atoms. The quantitative estimate of drug-likeness (QED) is 0.307. The van der Waals surface area contributed by atoms with Crippen molar-refractivity contribution < 1.29 is 9.59 Å². The van der Waals surface area contributed by atoms with Gasteiger partial charge in [0.05, 0.1) is 0 Å². The summed E-state index contributed by atoms with van der Waals surface area (Å²) in [6.07, 6.45) is 8.26. The standard InChI is InChI=1S/C32H32N2O2/c35-31(23-11-1-2-12-23)33-27-19-17-21-9-5-7-15-25(21)29(27)30-26-16-8-6-10-22(26)18-20-28(30)34-32(36)24-13-3-4-14-24/h5-10,15-20,23-24H,1-4,11-14H2,(H,33,35)(H,34,36). The molecular weight excluding hydrogens is 444 g/mol. The Morgan fingerprint density at radius 3 is 1.33 bits per heavy atom. The number of benzene rings is 4. The fourth-order valence-corrected chi connectivity index (χ4v) is 6.14. The van der Waals surface area contributed by atoms with Crippen LogP contribution in [-0.4, -0.2) is 11.8 Å². The number of fused-ring (bicyclic) bond motifs is 2. The van der Waals surface area contributed by atoms with Crippen molar-refractivity contribution >= 4 is 44.7 Å². The van der Waals surface area contributed by atoms with Crippen molar-refractivity contribution in [3.8, 4) is 11.1 Å². The molecule has 0 aliphatic heterocycles. The van der Waals surface area contributed by atoms with E-state index in [1.165, 1.54) is 0 Å². The van der Waals surface area contributed by atoms with Crippen LogP contribution in [0.2, 0.25) is 0 Å². The van der Waals surface area contributed by atoms with E-state index in [9.17, 15) is 9.59 Å². The molecule has 0 unspecified atom stereocenters. The summed E-state index contributed by atoms with van der Waals surface area (Å²) in [7, 11) is 0. The Balaban J connectivity index is 1.55. The Kier molecular flexibility index (Phi) is 6.18. The van der Waals surface area contributed by atoms with Crippen LogP contribution in [0.1, 0.15) is 51.4 Å². The van der Waals surface area contributed by atoms with Gasteiger partial charge in [0.2, 0.25) is 11.8 Å². The number of rotatable bonds is 5. The van der Waals surface area contributed by atoms with Crippen LogP contribution in [0, 0.1) is 11.8 Å². The number of hydrogen-bond acceptors (Lipinski definition) is 2. The Morgan fingerprint density at radius 1 is 0.528 bits per heavy atom. The minimum absolute atomic E-state index is 0.0679. The summed E-state index contributed by atoms with van der Waals surface area (Å²) in [4.78, 5) is 26.5. The highest BCUT2D eigenvalue weighted by molar-refractivity contribution is 6.16. The molecule has 36 heavy (non-hydrogen) atoms.